The molecule has 4 heteroatoms. The van der Waals surface area contributed by atoms with Crippen molar-refractivity contribution in [3.8, 4) is 0 Å². The smallest absolute Gasteiger partial charge is 0.141 e. The quantitative estimate of drug-likeness (QED) is 0.660. The molecule has 0 aliphatic heterocycles. The zero-order chi connectivity index (χ0) is 12.0. The lowest BCUT2D eigenvalue weighted by molar-refractivity contribution is -0.119. The summed E-state index contributed by atoms with van der Waals surface area (Å²) < 4.78 is 6.94. The third kappa shape index (κ3) is 3.77. The Morgan fingerprint density at radius 1 is 1.50 bits per heavy atom. The lowest BCUT2D eigenvalue weighted by Crippen LogP contribution is -2.10. The second-order valence-corrected chi connectivity index (χ2v) is 3.77. The van der Waals surface area contributed by atoms with Crippen molar-refractivity contribution in [1.82, 2.24) is 9.78 Å². The summed E-state index contributed by atoms with van der Waals surface area (Å²) in [5, 5.41) is 4.31. The highest BCUT2D eigenvalue weighted by Crippen LogP contribution is 2.06. The number of rotatable bonds is 7. The molecule has 0 atom stereocenters. The Kier molecular flexibility index (Phi) is 5.19. The highest BCUT2D eigenvalue weighted by molar-refractivity contribution is 5.80. The van der Waals surface area contributed by atoms with E-state index in [1.165, 1.54) is 0 Å². The van der Waals surface area contributed by atoms with Gasteiger partial charge in [-0.2, -0.15) is 5.10 Å². The number of nitrogens with zero attached hydrogens (tertiary/aromatic N) is 2. The maximum Gasteiger partial charge on any atom is 0.141 e. The number of hydrogen-bond acceptors (Lipinski definition) is 3. The van der Waals surface area contributed by atoms with Gasteiger partial charge in [0, 0.05) is 32.2 Å². The number of Topliss-reactive ketones (excluding diaryl/α,β-unsaturated/α-hetero) is 1. The van der Waals surface area contributed by atoms with Crippen molar-refractivity contribution in [2.45, 2.75) is 33.1 Å². The summed E-state index contributed by atoms with van der Waals surface area (Å²) in [5.41, 5.74) is 2.02. The molecule has 0 fully saturated rings. The van der Waals surface area contributed by atoms with Crippen LogP contribution < -0.4 is 0 Å². The van der Waals surface area contributed by atoms with Gasteiger partial charge < -0.3 is 4.74 Å². The lowest BCUT2D eigenvalue weighted by atomic mass is 10.1. The summed E-state index contributed by atoms with van der Waals surface area (Å²) >= 11 is 0. The molecule has 90 valence electrons. The molecule has 1 aromatic rings. The minimum Gasteiger partial charge on any atom is -0.381 e. The molecule has 0 unspecified atom stereocenters. The van der Waals surface area contributed by atoms with Crippen LogP contribution in [-0.2, 0) is 29.4 Å². The van der Waals surface area contributed by atoms with Crippen molar-refractivity contribution in [3.05, 3.63) is 17.5 Å². The van der Waals surface area contributed by atoms with E-state index in [9.17, 15) is 4.79 Å². The van der Waals surface area contributed by atoms with Crippen molar-refractivity contribution in [1.29, 1.82) is 0 Å². The highest BCUT2D eigenvalue weighted by atomic mass is 16.5. The van der Waals surface area contributed by atoms with Crippen molar-refractivity contribution in [2.24, 2.45) is 7.05 Å². The van der Waals surface area contributed by atoms with Crippen LogP contribution in [-0.4, -0.2) is 28.8 Å². The summed E-state index contributed by atoms with van der Waals surface area (Å²) in [6, 6.07) is 2.00. The van der Waals surface area contributed by atoms with Crippen molar-refractivity contribution >= 4 is 5.78 Å². The van der Waals surface area contributed by atoms with Crippen LogP contribution >= 0.6 is 0 Å². The molecule has 0 amide bonds. The van der Waals surface area contributed by atoms with Gasteiger partial charge in [-0.15, -0.1) is 0 Å². The number of ether oxygens (including phenoxy) is 1. The Balaban J connectivity index is 2.45. The largest absolute Gasteiger partial charge is 0.381 e. The van der Waals surface area contributed by atoms with E-state index >= 15 is 0 Å². The number of ketones is 1. The number of aryl methyl sites for hydroxylation is 2. The van der Waals surface area contributed by atoms with Crippen LogP contribution in [0.2, 0.25) is 0 Å². The van der Waals surface area contributed by atoms with E-state index in [4.69, 9.17) is 4.74 Å². The lowest BCUT2D eigenvalue weighted by Gasteiger charge is -2.01. The van der Waals surface area contributed by atoms with E-state index in [0.29, 0.717) is 26.1 Å². The Bertz CT molecular complexity index is 345. The minimum absolute atomic E-state index is 0.208. The summed E-state index contributed by atoms with van der Waals surface area (Å²) in [4.78, 5) is 11.6. The average Bonchev–Trinajstić information content (AvgIpc) is 2.60. The Morgan fingerprint density at radius 3 is 2.81 bits per heavy atom. The summed E-state index contributed by atoms with van der Waals surface area (Å²) in [5.74, 6) is 0.208. The highest BCUT2D eigenvalue weighted by Gasteiger charge is 2.09. The van der Waals surface area contributed by atoms with Crippen LogP contribution in [0.3, 0.4) is 0 Å². The molecule has 0 N–H and O–H groups in total. The van der Waals surface area contributed by atoms with Crippen molar-refractivity contribution < 1.29 is 9.53 Å². The van der Waals surface area contributed by atoms with E-state index in [1.807, 2.05) is 20.0 Å². The standard InChI is InChI=1S/C12H20N2O2/c1-4-10-8-11(14(3)13-10)9-12(15)6-7-16-5-2/h8H,4-7,9H2,1-3H3. The Morgan fingerprint density at radius 2 is 2.25 bits per heavy atom. The Hall–Kier alpha value is -1.16. The van der Waals surface area contributed by atoms with Crippen LogP contribution in [0.25, 0.3) is 0 Å². The molecular weight excluding hydrogens is 204 g/mol. The zero-order valence-corrected chi connectivity index (χ0v) is 10.3. The molecule has 0 aromatic carbocycles. The third-order valence-corrected chi connectivity index (χ3v) is 2.50. The topological polar surface area (TPSA) is 44.1 Å². The molecule has 0 saturated carbocycles. The summed E-state index contributed by atoms with van der Waals surface area (Å²) in [7, 11) is 1.88. The number of carbonyl (C=O) groups excluding carboxylic acids is 1. The molecule has 0 radical (unpaired) electrons. The van der Waals surface area contributed by atoms with Gasteiger partial charge >= 0.3 is 0 Å². The first kappa shape index (κ1) is 12.9. The first-order valence-electron chi connectivity index (χ1n) is 5.78. The van der Waals surface area contributed by atoms with Gasteiger partial charge in [-0.1, -0.05) is 6.92 Å². The van der Waals surface area contributed by atoms with Crippen molar-refractivity contribution in [3.63, 3.8) is 0 Å². The molecule has 0 bridgehead atoms. The van der Waals surface area contributed by atoms with Gasteiger partial charge in [-0.3, -0.25) is 9.48 Å². The van der Waals surface area contributed by atoms with Crippen LogP contribution in [0.15, 0.2) is 6.07 Å². The van der Waals surface area contributed by atoms with E-state index in [2.05, 4.69) is 12.0 Å². The first-order chi connectivity index (χ1) is 7.67. The van der Waals surface area contributed by atoms with E-state index < -0.39 is 0 Å². The molecular formula is C12H20N2O2. The predicted molar refractivity (Wildman–Crippen MR) is 62.4 cm³/mol. The third-order valence-electron chi connectivity index (χ3n) is 2.50. The van der Waals surface area contributed by atoms with Crippen LogP contribution in [0, 0.1) is 0 Å². The average molecular weight is 224 g/mol. The molecule has 1 heterocycles. The number of aromatic nitrogens is 2. The fourth-order valence-electron chi connectivity index (χ4n) is 1.53. The van der Waals surface area contributed by atoms with Crippen molar-refractivity contribution in [2.75, 3.05) is 13.2 Å². The van der Waals surface area contributed by atoms with Gasteiger partial charge in [0.15, 0.2) is 0 Å². The predicted octanol–water partition coefficient (Wildman–Crippen LogP) is 1.52. The van der Waals surface area contributed by atoms with Crippen LogP contribution in [0.5, 0.6) is 0 Å². The molecule has 0 saturated heterocycles. The van der Waals surface area contributed by atoms with Gasteiger partial charge in [0.1, 0.15) is 5.78 Å². The van der Waals surface area contributed by atoms with Gasteiger partial charge in [-0.25, -0.2) is 0 Å². The van der Waals surface area contributed by atoms with E-state index in [1.54, 1.807) is 4.68 Å². The molecule has 16 heavy (non-hydrogen) atoms. The minimum atomic E-state index is 0.208. The van der Waals surface area contributed by atoms with Gasteiger partial charge in [0.05, 0.1) is 12.3 Å². The first-order valence-corrected chi connectivity index (χ1v) is 5.78. The van der Waals surface area contributed by atoms with E-state index in [-0.39, 0.29) is 5.78 Å². The van der Waals surface area contributed by atoms with Gasteiger partial charge in [0.2, 0.25) is 0 Å². The van der Waals surface area contributed by atoms with Crippen LogP contribution in [0.1, 0.15) is 31.7 Å². The second kappa shape index (κ2) is 6.43. The van der Waals surface area contributed by atoms with Gasteiger partial charge in [0.25, 0.3) is 0 Å². The molecule has 1 aromatic heterocycles. The van der Waals surface area contributed by atoms with Gasteiger partial charge in [-0.05, 0) is 19.4 Å². The normalized spacial score (nSPS) is 10.7. The number of hydrogen-bond donors (Lipinski definition) is 0. The molecule has 1 rings (SSSR count). The van der Waals surface area contributed by atoms with E-state index in [0.717, 1.165) is 17.8 Å². The Labute approximate surface area is 96.6 Å². The fraction of sp³-hybridized carbons (Fsp3) is 0.667. The molecule has 0 aliphatic carbocycles. The molecule has 0 aliphatic rings. The molecule has 4 nitrogen and oxygen atoms in total. The van der Waals surface area contributed by atoms with Crippen LogP contribution in [0.4, 0.5) is 0 Å². The maximum absolute atomic E-state index is 11.6. The second-order valence-electron chi connectivity index (χ2n) is 3.77. The summed E-state index contributed by atoms with van der Waals surface area (Å²) in [6.45, 7) is 5.18. The maximum atomic E-state index is 11.6. The fourth-order valence-corrected chi connectivity index (χ4v) is 1.53. The summed E-state index contributed by atoms with van der Waals surface area (Å²) in [6.07, 6.45) is 1.85. The SMILES string of the molecule is CCOCCC(=O)Cc1cc(CC)nn1C. The monoisotopic (exact) mass is 224 g/mol. The number of carbonyl (C=O) groups is 1. The molecule has 0 spiro atoms. The zero-order valence-electron chi connectivity index (χ0n) is 10.3.